The van der Waals surface area contributed by atoms with Gasteiger partial charge in [-0.15, -0.1) is 0 Å². The summed E-state index contributed by atoms with van der Waals surface area (Å²) >= 11 is 0. The van der Waals surface area contributed by atoms with Crippen molar-refractivity contribution >= 4 is 5.97 Å². The molecule has 0 aromatic rings. The molecule has 3 rings (SSSR count). The maximum Gasteiger partial charge on any atom is 0.310 e. The van der Waals surface area contributed by atoms with E-state index in [0.29, 0.717) is 6.04 Å². The Morgan fingerprint density at radius 3 is 2.84 bits per heavy atom. The average Bonchev–Trinajstić information content (AvgIpc) is 2.80. The molecule has 3 aliphatic rings. The normalized spacial score (nSPS) is 43.3. The second-order valence-corrected chi connectivity index (χ2v) is 6.72. The number of likely N-dealkylation sites (tertiary alicyclic amines) is 1. The SMILES string of the molecule is CCC1(C(=O)O)CCCN(C2CCN3CCC2C3)C1. The van der Waals surface area contributed by atoms with Crippen molar-refractivity contribution in [3.63, 3.8) is 0 Å². The van der Waals surface area contributed by atoms with E-state index >= 15 is 0 Å². The molecule has 19 heavy (non-hydrogen) atoms. The van der Waals surface area contributed by atoms with Gasteiger partial charge in [0.25, 0.3) is 0 Å². The van der Waals surface area contributed by atoms with Gasteiger partial charge in [0, 0.05) is 19.1 Å². The van der Waals surface area contributed by atoms with Gasteiger partial charge in [-0.3, -0.25) is 9.69 Å². The van der Waals surface area contributed by atoms with Crippen molar-refractivity contribution in [1.29, 1.82) is 0 Å². The molecule has 3 heterocycles. The highest BCUT2D eigenvalue weighted by Crippen LogP contribution is 2.38. The van der Waals surface area contributed by atoms with Crippen LogP contribution in [0.3, 0.4) is 0 Å². The summed E-state index contributed by atoms with van der Waals surface area (Å²) in [4.78, 5) is 16.7. The number of fused-ring (bicyclic) bond motifs is 2. The monoisotopic (exact) mass is 266 g/mol. The van der Waals surface area contributed by atoms with E-state index < -0.39 is 11.4 Å². The van der Waals surface area contributed by atoms with Gasteiger partial charge in [0.1, 0.15) is 0 Å². The van der Waals surface area contributed by atoms with Crippen LogP contribution >= 0.6 is 0 Å². The van der Waals surface area contributed by atoms with Crippen molar-refractivity contribution in [2.24, 2.45) is 11.3 Å². The number of carboxylic acids is 1. The molecule has 3 saturated heterocycles. The zero-order chi connectivity index (χ0) is 13.5. The first-order chi connectivity index (χ1) is 9.14. The number of hydrogen-bond acceptors (Lipinski definition) is 3. The number of carbonyl (C=O) groups is 1. The minimum atomic E-state index is -0.580. The van der Waals surface area contributed by atoms with Gasteiger partial charge in [-0.2, -0.15) is 0 Å². The fourth-order valence-corrected chi connectivity index (χ4v) is 4.48. The van der Waals surface area contributed by atoms with Gasteiger partial charge in [-0.25, -0.2) is 0 Å². The fraction of sp³-hybridized carbons (Fsp3) is 0.933. The van der Waals surface area contributed by atoms with Crippen LogP contribution in [-0.4, -0.2) is 59.6 Å². The summed E-state index contributed by atoms with van der Waals surface area (Å²) in [5.41, 5.74) is -0.478. The highest BCUT2D eigenvalue weighted by atomic mass is 16.4. The Morgan fingerprint density at radius 2 is 2.11 bits per heavy atom. The van der Waals surface area contributed by atoms with Gasteiger partial charge in [-0.1, -0.05) is 6.92 Å². The maximum absolute atomic E-state index is 11.7. The third-order valence-electron chi connectivity index (χ3n) is 5.80. The van der Waals surface area contributed by atoms with E-state index in [-0.39, 0.29) is 0 Å². The predicted octanol–water partition coefficient (Wildman–Crippen LogP) is 1.66. The lowest BCUT2D eigenvalue weighted by molar-refractivity contribution is -0.154. The first-order valence-corrected chi connectivity index (χ1v) is 7.84. The smallest absolute Gasteiger partial charge is 0.310 e. The lowest BCUT2D eigenvalue weighted by atomic mass is 9.76. The van der Waals surface area contributed by atoms with E-state index in [1.165, 1.54) is 32.5 Å². The average molecular weight is 266 g/mol. The molecule has 2 bridgehead atoms. The van der Waals surface area contributed by atoms with Crippen LogP contribution in [0.4, 0.5) is 0 Å². The molecule has 0 radical (unpaired) electrons. The highest BCUT2D eigenvalue weighted by Gasteiger charge is 2.45. The Bertz CT molecular complexity index is 360. The predicted molar refractivity (Wildman–Crippen MR) is 74.1 cm³/mol. The number of nitrogens with zero attached hydrogens (tertiary/aromatic N) is 2. The van der Waals surface area contributed by atoms with Crippen LogP contribution in [0.15, 0.2) is 0 Å². The molecule has 108 valence electrons. The Hall–Kier alpha value is -0.610. The van der Waals surface area contributed by atoms with Crippen LogP contribution in [0.25, 0.3) is 0 Å². The summed E-state index contributed by atoms with van der Waals surface area (Å²) < 4.78 is 0. The van der Waals surface area contributed by atoms with Crippen LogP contribution in [0.5, 0.6) is 0 Å². The van der Waals surface area contributed by atoms with Crippen molar-refractivity contribution < 1.29 is 9.90 Å². The van der Waals surface area contributed by atoms with E-state index in [9.17, 15) is 9.90 Å². The topological polar surface area (TPSA) is 43.8 Å². The lowest BCUT2D eigenvalue weighted by Gasteiger charge is -2.46. The van der Waals surface area contributed by atoms with Crippen molar-refractivity contribution in [3.05, 3.63) is 0 Å². The van der Waals surface area contributed by atoms with Crippen LogP contribution in [0.1, 0.15) is 39.0 Å². The largest absolute Gasteiger partial charge is 0.481 e. The van der Waals surface area contributed by atoms with E-state index in [4.69, 9.17) is 0 Å². The molecule has 3 fully saturated rings. The summed E-state index contributed by atoms with van der Waals surface area (Å²) in [6.07, 6.45) is 5.23. The van der Waals surface area contributed by atoms with Gasteiger partial charge in [0.05, 0.1) is 5.41 Å². The first-order valence-electron chi connectivity index (χ1n) is 7.84. The third kappa shape index (κ3) is 2.29. The Kier molecular flexibility index (Phi) is 3.56. The number of carboxylic acid groups (broad SMARTS) is 1. The molecule has 4 atom stereocenters. The zero-order valence-electron chi connectivity index (χ0n) is 12.0. The summed E-state index contributed by atoms with van der Waals surface area (Å²) in [7, 11) is 0. The van der Waals surface area contributed by atoms with E-state index in [1.54, 1.807) is 0 Å². The van der Waals surface area contributed by atoms with Crippen LogP contribution in [-0.2, 0) is 4.79 Å². The molecule has 0 amide bonds. The van der Waals surface area contributed by atoms with Gasteiger partial charge in [-0.05, 0) is 57.7 Å². The zero-order valence-corrected chi connectivity index (χ0v) is 12.0. The van der Waals surface area contributed by atoms with Gasteiger partial charge < -0.3 is 10.0 Å². The van der Waals surface area contributed by atoms with Crippen LogP contribution in [0, 0.1) is 11.3 Å². The minimum Gasteiger partial charge on any atom is -0.481 e. The summed E-state index contributed by atoms with van der Waals surface area (Å²) in [6, 6.07) is 0.643. The molecule has 0 spiro atoms. The molecule has 0 aliphatic carbocycles. The molecule has 4 unspecified atom stereocenters. The van der Waals surface area contributed by atoms with Gasteiger partial charge >= 0.3 is 5.97 Å². The van der Waals surface area contributed by atoms with Crippen molar-refractivity contribution in [1.82, 2.24) is 9.80 Å². The van der Waals surface area contributed by atoms with E-state index in [0.717, 1.165) is 38.3 Å². The highest BCUT2D eigenvalue weighted by molar-refractivity contribution is 5.75. The Morgan fingerprint density at radius 1 is 1.32 bits per heavy atom. The third-order valence-corrected chi connectivity index (χ3v) is 5.80. The van der Waals surface area contributed by atoms with Crippen molar-refractivity contribution in [3.8, 4) is 0 Å². The molecule has 1 N–H and O–H groups in total. The quantitative estimate of drug-likeness (QED) is 0.843. The molecular weight excluding hydrogens is 240 g/mol. The second kappa shape index (κ2) is 5.06. The van der Waals surface area contributed by atoms with E-state index in [2.05, 4.69) is 9.80 Å². The molecule has 4 nitrogen and oxygen atoms in total. The van der Waals surface area contributed by atoms with Crippen molar-refractivity contribution in [2.75, 3.05) is 32.7 Å². The second-order valence-electron chi connectivity index (χ2n) is 6.72. The number of hydrogen-bond donors (Lipinski definition) is 1. The lowest BCUT2D eigenvalue weighted by Crippen LogP contribution is -2.55. The molecular formula is C15H26N2O2. The molecule has 0 aromatic carbocycles. The number of aliphatic carboxylic acids is 1. The number of rotatable bonds is 3. The molecule has 3 aliphatic heterocycles. The molecule has 0 saturated carbocycles. The summed E-state index contributed by atoms with van der Waals surface area (Å²) in [5, 5.41) is 9.60. The summed E-state index contributed by atoms with van der Waals surface area (Å²) in [5.74, 6) is 0.207. The Balaban J connectivity index is 1.72. The fourth-order valence-electron chi connectivity index (χ4n) is 4.48. The molecule has 0 aromatic heterocycles. The molecule has 4 heteroatoms. The van der Waals surface area contributed by atoms with Crippen molar-refractivity contribution in [2.45, 2.75) is 45.1 Å². The van der Waals surface area contributed by atoms with Gasteiger partial charge in [0.2, 0.25) is 0 Å². The van der Waals surface area contributed by atoms with Gasteiger partial charge in [0.15, 0.2) is 0 Å². The van der Waals surface area contributed by atoms with Crippen LogP contribution < -0.4 is 0 Å². The summed E-state index contributed by atoms with van der Waals surface area (Å²) in [6.45, 7) is 7.63. The van der Waals surface area contributed by atoms with Crippen LogP contribution in [0.2, 0.25) is 0 Å². The minimum absolute atomic E-state index is 0.478. The standard InChI is InChI=1S/C15H26N2O2/c1-2-15(14(18)19)6-3-7-17(11-15)13-5-9-16-8-4-12(13)10-16/h12-13H,2-11H2,1H3,(H,18,19). The number of piperidine rings is 2. The Labute approximate surface area is 115 Å². The van der Waals surface area contributed by atoms with E-state index in [1.807, 2.05) is 6.92 Å². The maximum atomic E-state index is 11.7. The first kappa shape index (κ1) is 13.4.